The monoisotopic (exact) mass is 401 g/mol. The maximum absolute atomic E-state index is 9.90. The van der Waals surface area contributed by atoms with Crippen molar-refractivity contribution in [3.63, 3.8) is 0 Å². The molecule has 0 saturated carbocycles. The van der Waals surface area contributed by atoms with Crippen molar-refractivity contribution in [3.8, 4) is 17.3 Å². The lowest BCUT2D eigenvalue weighted by atomic mass is 9.83. The predicted octanol–water partition coefficient (Wildman–Crippen LogP) is 3.24. The van der Waals surface area contributed by atoms with E-state index in [1.807, 2.05) is 38.1 Å². The molecular weight excluding hydrogens is 378 g/mol. The molecule has 0 spiro atoms. The minimum Gasteiger partial charge on any atom is -0.395 e. The number of nitrogens with zero attached hydrogens (tertiary/aromatic N) is 3. The maximum Gasteiger partial charge on any atom is 0.227 e. The van der Waals surface area contributed by atoms with Gasteiger partial charge in [0.05, 0.1) is 30.2 Å². The number of rotatable bonds is 5. The maximum atomic E-state index is 9.90. The molecule has 1 unspecified atom stereocenters. The van der Waals surface area contributed by atoms with Crippen LogP contribution >= 0.6 is 0 Å². The zero-order chi connectivity index (χ0) is 21.3. The van der Waals surface area contributed by atoms with E-state index in [0.717, 1.165) is 33.6 Å². The molecule has 3 aromatic rings. The lowest BCUT2D eigenvalue weighted by Gasteiger charge is -2.21. The lowest BCUT2D eigenvalue weighted by Crippen LogP contribution is -2.28. The first kappa shape index (κ1) is 19.8. The van der Waals surface area contributed by atoms with E-state index in [1.165, 1.54) is 0 Å². The molecule has 0 saturated heterocycles. The van der Waals surface area contributed by atoms with E-state index in [2.05, 4.69) is 26.7 Å². The van der Waals surface area contributed by atoms with Gasteiger partial charge in [-0.3, -0.25) is 0 Å². The average molecular weight is 401 g/mol. The van der Waals surface area contributed by atoms with Crippen molar-refractivity contribution in [2.45, 2.75) is 25.9 Å². The van der Waals surface area contributed by atoms with Crippen molar-refractivity contribution in [3.05, 3.63) is 64.8 Å². The fourth-order valence-electron chi connectivity index (χ4n) is 3.67. The van der Waals surface area contributed by atoms with Crippen molar-refractivity contribution < 1.29 is 10.2 Å². The van der Waals surface area contributed by atoms with Gasteiger partial charge in [0.2, 0.25) is 5.95 Å². The highest BCUT2D eigenvalue weighted by Gasteiger charge is 2.35. The third-order valence-electron chi connectivity index (χ3n) is 5.60. The number of aromatic nitrogens is 2. The Morgan fingerprint density at radius 3 is 2.80 bits per heavy atom. The minimum atomic E-state index is -0.451. The standard InChI is InChI=1S/C23H23N5O2/c1-14-3-4-15(11-29)7-20(14)28-22-25-6-5-19(27-22)16-8-17(10-24)21-18(9-16)23(2,13-30)12-26-21/h3-9,26,29-30H,11-13H2,1-2H3,(H,25,27,28). The third kappa shape index (κ3) is 3.47. The molecule has 2 aromatic carbocycles. The zero-order valence-corrected chi connectivity index (χ0v) is 16.9. The number of aliphatic hydroxyl groups excluding tert-OH is 2. The smallest absolute Gasteiger partial charge is 0.227 e. The van der Waals surface area contributed by atoms with E-state index >= 15 is 0 Å². The topological polar surface area (TPSA) is 114 Å². The number of hydrogen-bond acceptors (Lipinski definition) is 7. The zero-order valence-electron chi connectivity index (χ0n) is 16.9. The van der Waals surface area contributed by atoms with Crippen molar-refractivity contribution in [2.24, 2.45) is 0 Å². The van der Waals surface area contributed by atoms with Crippen molar-refractivity contribution >= 4 is 17.3 Å². The van der Waals surface area contributed by atoms with Crippen molar-refractivity contribution in [2.75, 3.05) is 23.8 Å². The number of nitrogens with one attached hydrogen (secondary N) is 2. The van der Waals surface area contributed by atoms with Gasteiger partial charge in [0.15, 0.2) is 0 Å². The fourth-order valence-corrected chi connectivity index (χ4v) is 3.67. The van der Waals surface area contributed by atoms with Crippen LogP contribution in [0.1, 0.15) is 29.2 Å². The molecule has 1 aliphatic heterocycles. The molecule has 1 atom stereocenters. The van der Waals surface area contributed by atoms with Gasteiger partial charge in [0.25, 0.3) is 0 Å². The number of aryl methyl sites for hydroxylation is 1. The molecule has 7 nitrogen and oxygen atoms in total. The van der Waals surface area contributed by atoms with Crippen LogP contribution in [0, 0.1) is 18.3 Å². The first-order valence-electron chi connectivity index (χ1n) is 9.71. The van der Waals surface area contributed by atoms with Crippen LogP contribution in [0.3, 0.4) is 0 Å². The molecular formula is C23H23N5O2. The van der Waals surface area contributed by atoms with Crippen LogP contribution in [0.2, 0.25) is 0 Å². The van der Waals surface area contributed by atoms with E-state index in [4.69, 9.17) is 0 Å². The van der Waals surface area contributed by atoms with Crippen LogP contribution in [0.15, 0.2) is 42.6 Å². The Morgan fingerprint density at radius 2 is 2.07 bits per heavy atom. The Kier molecular flexibility index (Phi) is 5.12. The van der Waals surface area contributed by atoms with Crippen molar-refractivity contribution in [1.82, 2.24) is 9.97 Å². The molecule has 1 aromatic heterocycles. The normalized spacial score (nSPS) is 17.2. The SMILES string of the molecule is Cc1ccc(CO)cc1Nc1nccc(-c2cc(C#N)c3c(c2)C(C)(CO)CN3)n1. The van der Waals surface area contributed by atoms with Gasteiger partial charge in [-0.1, -0.05) is 19.1 Å². The molecule has 7 heteroatoms. The van der Waals surface area contributed by atoms with Gasteiger partial charge in [-0.25, -0.2) is 9.97 Å². The summed E-state index contributed by atoms with van der Waals surface area (Å²) in [7, 11) is 0. The Bertz CT molecular complexity index is 1150. The molecule has 4 N–H and O–H groups in total. The minimum absolute atomic E-state index is 0.0155. The summed E-state index contributed by atoms with van der Waals surface area (Å²) in [6.45, 7) is 4.46. The molecule has 1 aliphatic rings. The second-order valence-corrected chi connectivity index (χ2v) is 7.83. The van der Waals surface area contributed by atoms with E-state index < -0.39 is 5.41 Å². The van der Waals surface area contributed by atoms with Crippen LogP contribution in [0.4, 0.5) is 17.3 Å². The second-order valence-electron chi connectivity index (χ2n) is 7.83. The summed E-state index contributed by atoms with van der Waals surface area (Å²) in [6.07, 6.45) is 1.67. The number of fused-ring (bicyclic) bond motifs is 1. The van der Waals surface area contributed by atoms with E-state index in [9.17, 15) is 15.5 Å². The second kappa shape index (κ2) is 7.75. The first-order valence-corrected chi connectivity index (χ1v) is 9.71. The molecule has 0 fully saturated rings. The number of hydrogen-bond donors (Lipinski definition) is 4. The summed E-state index contributed by atoms with van der Waals surface area (Å²) in [5.41, 5.74) is 5.87. The Hall–Kier alpha value is -3.47. The Labute approximate surface area is 175 Å². The predicted molar refractivity (Wildman–Crippen MR) is 115 cm³/mol. The molecule has 0 amide bonds. The summed E-state index contributed by atoms with van der Waals surface area (Å²) < 4.78 is 0. The molecule has 0 radical (unpaired) electrons. The van der Waals surface area contributed by atoms with Crippen molar-refractivity contribution in [1.29, 1.82) is 5.26 Å². The molecule has 2 heterocycles. The van der Waals surface area contributed by atoms with Crippen LogP contribution in [-0.2, 0) is 12.0 Å². The van der Waals surface area contributed by atoms with Gasteiger partial charge in [-0.2, -0.15) is 5.26 Å². The van der Waals surface area contributed by atoms with Crippen LogP contribution < -0.4 is 10.6 Å². The summed E-state index contributed by atoms with van der Waals surface area (Å²) in [4.78, 5) is 8.95. The van der Waals surface area contributed by atoms with Gasteiger partial charge >= 0.3 is 0 Å². The average Bonchev–Trinajstić information content (AvgIpc) is 3.12. The quantitative estimate of drug-likeness (QED) is 0.519. The van der Waals surface area contributed by atoms with Gasteiger partial charge in [0, 0.05) is 29.4 Å². The third-order valence-corrected chi connectivity index (χ3v) is 5.60. The lowest BCUT2D eigenvalue weighted by molar-refractivity contribution is 0.219. The number of anilines is 3. The molecule has 4 rings (SSSR count). The molecule has 30 heavy (non-hydrogen) atoms. The number of aliphatic hydroxyl groups is 2. The Morgan fingerprint density at radius 1 is 1.23 bits per heavy atom. The van der Waals surface area contributed by atoms with E-state index in [-0.39, 0.29) is 13.2 Å². The highest BCUT2D eigenvalue weighted by atomic mass is 16.3. The summed E-state index contributed by atoms with van der Waals surface area (Å²) >= 11 is 0. The largest absolute Gasteiger partial charge is 0.395 e. The summed E-state index contributed by atoms with van der Waals surface area (Å²) in [5.74, 6) is 0.424. The number of benzene rings is 2. The van der Waals surface area contributed by atoms with Gasteiger partial charge in [-0.15, -0.1) is 0 Å². The van der Waals surface area contributed by atoms with Crippen LogP contribution in [0.5, 0.6) is 0 Å². The first-order chi connectivity index (χ1) is 14.5. The highest BCUT2D eigenvalue weighted by molar-refractivity contribution is 5.76. The molecule has 0 bridgehead atoms. The van der Waals surface area contributed by atoms with E-state index in [0.29, 0.717) is 23.8 Å². The number of nitriles is 1. The van der Waals surface area contributed by atoms with Gasteiger partial charge in [0.1, 0.15) is 6.07 Å². The molecule has 152 valence electrons. The van der Waals surface area contributed by atoms with Gasteiger partial charge in [-0.05, 0) is 47.9 Å². The highest BCUT2D eigenvalue weighted by Crippen LogP contribution is 2.41. The fraction of sp³-hybridized carbons (Fsp3) is 0.261. The summed E-state index contributed by atoms with van der Waals surface area (Å²) in [5, 5.41) is 35.4. The van der Waals surface area contributed by atoms with E-state index in [1.54, 1.807) is 18.3 Å². The van der Waals surface area contributed by atoms with Crippen LogP contribution in [0.25, 0.3) is 11.3 Å². The van der Waals surface area contributed by atoms with Gasteiger partial charge < -0.3 is 20.8 Å². The molecule has 0 aliphatic carbocycles. The summed E-state index contributed by atoms with van der Waals surface area (Å²) in [6, 6.07) is 13.5. The Balaban J connectivity index is 1.73. The van der Waals surface area contributed by atoms with Crippen LogP contribution in [-0.4, -0.2) is 33.3 Å².